The number of allylic oxidation sites excluding steroid dienone is 2. The summed E-state index contributed by atoms with van der Waals surface area (Å²) in [7, 11) is 0. The third-order valence-electron chi connectivity index (χ3n) is 4.54. The summed E-state index contributed by atoms with van der Waals surface area (Å²) < 4.78 is 5.81. The van der Waals surface area contributed by atoms with Crippen LogP contribution in [0.2, 0.25) is 0 Å². The molecular formula is C21H21NO4S. The van der Waals surface area contributed by atoms with Crippen LogP contribution in [-0.2, 0) is 9.59 Å². The molecule has 0 saturated heterocycles. The SMILES string of the molecule is CCC(=O)C1=C(O)CC(c2cccc(Oc3ccc(SC)cn3)c2)CC1=O. The second-order valence-electron chi connectivity index (χ2n) is 6.34. The van der Waals surface area contributed by atoms with Crippen molar-refractivity contribution in [1.29, 1.82) is 0 Å². The maximum atomic E-state index is 12.3. The first-order valence-electron chi connectivity index (χ1n) is 8.78. The van der Waals surface area contributed by atoms with Crippen molar-refractivity contribution in [2.45, 2.75) is 37.0 Å². The Hall–Kier alpha value is -2.60. The van der Waals surface area contributed by atoms with E-state index < -0.39 is 0 Å². The van der Waals surface area contributed by atoms with E-state index in [1.54, 1.807) is 30.9 Å². The summed E-state index contributed by atoms with van der Waals surface area (Å²) in [6, 6.07) is 11.2. The quantitative estimate of drug-likeness (QED) is 0.568. The minimum Gasteiger partial charge on any atom is -0.511 e. The van der Waals surface area contributed by atoms with Crippen LogP contribution in [0.5, 0.6) is 11.6 Å². The van der Waals surface area contributed by atoms with Crippen LogP contribution in [0.15, 0.2) is 58.8 Å². The van der Waals surface area contributed by atoms with Crippen LogP contribution in [-0.4, -0.2) is 27.9 Å². The Balaban J connectivity index is 1.78. The fourth-order valence-corrected chi connectivity index (χ4v) is 3.49. The van der Waals surface area contributed by atoms with Gasteiger partial charge >= 0.3 is 0 Å². The molecule has 0 radical (unpaired) electrons. The normalized spacial score (nSPS) is 17.1. The van der Waals surface area contributed by atoms with E-state index in [-0.39, 0.29) is 48.1 Å². The number of rotatable bonds is 6. The van der Waals surface area contributed by atoms with Crippen molar-refractivity contribution in [3.63, 3.8) is 0 Å². The fourth-order valence-electron chi connectivity index (χ4n) is 3.12. The Morgan fingerprint density at radius 3 is 2.74 bits per heavy atom. The van der Waals surface area contributed by atoms with E-state index in [2.05, 4.69) is 4.98 Å². The molecule has 0 fully saturated rings. The molecule has 0 aliphatic heterocycles. The smallest absolute Gasteiger partial charge is 0.219 e. The number of pyridine rings is 1. The highest BCUT2D eigenvalue weighted by Crippen LogP contribution is 2.36. The van der Waals surface area contributed by atoms with Gasteiger partial charge in [0.15, 0.2) is 11.6 Å². The Bertz CT molecular complexity index is 889. The van der Waals surface area contributed by atoms with Gasteiger partial charge in [0.05, 0.1) is 5.57 Å². The molecule has 27 heavy (non-hydrogen) atoms. The van der Waals surface area contributed by atoms with Crippen LogP contribution >= 0.6 is 11.8 Å². The van der Waals surface area contributed by atoms with E-state index in [9.17, 15) is 14.7 Å². The molecule has 1 aliphatic rings. The van der Waals surface area contributed by atoms with Crippen molar-refractivity contribution in [3.05, 3.63) is 59.5 Å². The van der Waals surface area contributed by atoms with Crippen LogP contribution < -0.4 is 4.74 Å². The zero-order valence-electron chi connectivity index (χ0n) is 15.3. The van der Waals surface area contributed by atoms with Gasteiger partial charge in [-0.3, -0.25) is 9.59 Å². The molecule has 0 bridgehead atoms. The molecule has 1 heterocycles. The van der Waals surface area contributed by atoms with Crippen molar-refractivity contribution in [2.75, 3.05) is 6.26 Å². The lowest BCUT2D eigenvalue weighted by molar-refractivity contribution is -0.122. The van der Waals surface area contributed by atoms with Crippen molar-refractivity contribution in [2.24, 2.45) is 0 Å². The van der Waals surface area contributed by atoms with Gasteiger partial charge in [-0.1, -0.05) is 19.1 Å². The molecule has 3 rings (SSSR count). The number of ketones is 2. The van der Waals surface area contributed by atoms with Gasteiger partial charge in [0, 0.05) is 36.4 Å². The summed E-state index contributed by atoms with van der Waals surface area (Å²) in [5.74, 6) is 0.223. The molecule has 2 aromatic rings. The summed E-state index contributed by atoms with van der Waals surface area (Å²) in [4.78, 5) is 29.5. The van der Waals surface area contributed by atoms with E-state index in [1.807, 2.05) is 36.6 Å². The number of hydrogen-bond acceptors (Lipinski definition) is 6. The summed E-state index contributed by atoms with van der Waals surface area (Å²) in [6.07, 6.45) is 4.42. The highest BCUT2D eigenvalue weighted by Gasteiger charge is 2.31. The molecular weight excluding hydrogens is 362 g/mol. The van der Waals surface area contributed by atoms with Crippen LogP contribution in [0, 0.1) is 0 Å². The lowest BCUT2D eigenvalue weighted by Crippen LogP contribution is -2.23. The number of hydrogen-bond donors (Lipinski definition) is 1. The van der Waals surface area contributed by atoms with E-state index in [0.29, 0.717) is 11.6 Å². The van der Waals surface area contributed by atoms with E-state index in [0.717, 1.165) is 10.5 Å². The number of benzene rings is 1. The monoisotopic (exact) mass is 383 g/mol. The van der Waals surface area contributed by atoms with Crippen molar-refractivity contribution in [3.8, 4) is 11.6 Å². The van der Waals surface area contributed by atoms with Crippen molar-refractivity contribution >= 4 is 23.3 Å². The average Bonchev–Trinajstić information content (AvgIpc) is 2.68. The first-order valence-corrected chi connectivity index (χ1v) is 10.0. The largest absolute Gasteiger partial charge is 0.511 e. The fraction of sp³-hybridized carbons (Fsp3) is 0.286. The van der Waals surface area contributed by atoms with Crippen LogP contribution in [0.1, 0.15) is 37.7 Å². The van der Waals surface area contributed by atoms with Gasteiger partial charge in [-0.2, -0.15) is 0 Å². The third kappa shape index (κ3) is 4.39. The number of aliphatic hydroxyl groups excluding tert-OH is 1. The molecule has 0 saturated carbocycles. The van der Waals surface area contributed by atoms with Gasteiger partial charge in [-0.25, -0.2) is 4.98 Å². The van der Waals surface area contributed by atoms with Crippen molar-refractivity contribution < 1.29 is 19.4 Å². The first-order chi connectivity index (χ1) is 13.0. The number of nitrogens with zero attached hydrogens (tertiary/aromatic N) is 1. The van der Waals surface area contributed by atoms with Gasteiger partial charge in [-0.05, 0) is 35.9 Å². The molecule has 1 aromatic carbocycles. The maximum Gasteiger partial charge on any atom is 0.219 e. The number of aliphatic hydroxyl groups is 1. The van der Waals surface area contributed by atoms with Gasteiger partial charge in [0.1, 0.15) is 11.5 Å². The summed E-state index contributed by atoms with van der Waals surface area (Å²) in [5, 5.41) is 10.2. The molecule has 0 amide bonds. The Labute approximate surface area is 162 Å². The number of carbonyl (C=O) groups excluding carboxylic acids is 2. The van der Waals surface area contributed by atoms with Gasteiger partial charge in [-0.15, -0.1) is 11.8 Å². The second kappa shape index (κ2) is 8.39. The zero-order valence-corrected chi connectivity index (χ0v) is 16.1. The molecule has 0 spiro atoms. The lowest BCUT2D eigenvalue weighted by Gasteiger charge is -2.23. The lowest BCUT2D eigenvalue weighted by atomic mass is 9.81. The minimum atomic E-state index is -0.298. The van der Waals surface area contributed by atoms with Crippen molar-refractivity contribution in [1.82, 2.24) is 4.98 Å². The third-order valence-corrected chi connectivity index (χ3v) is 5.25. The van der Waals surface area contributed by atoms with Gasteiger partial charge in [0.25, 0.3) is 0 Å². The molecule has 1 aromatic heterocycles. The Morgan fingerprint density at radius 2 is 2.11 bits per heavy atom. The number of thioether (sulfide) groups is 1. The highest BCUT2D eigenvalue weighted by atomic mass is 32.2. The summed E-state index contributed by atoms with van der Waals surface area (Å²) >= 11 is 1.61. The minimum absolute atomic E-state index is 0.0285. The molecule has 1 aliphatic carbocycles. The number of ether oxygens (including phenoxy) is 1. The van der Waals surface area contributed by atoms with E-state index in [1.165, 1.54) is 0 Å². The van der Waals surface area contributed by atoms with E-state index in [4.69, 9.17) is 4.74 Å². The number of Topliss-reactive ketones (excluding diaryl/α,β-unsaturated/α-hetero) is 2. The molecule has 5 nitrogen and oxygen atoms in total. The van der Waals surface area contributed by atoms with E-state index >= 15 is 0 Å². The first kappa shape index (κ1) is 19.2. The number of aromatic nitrogens is 1. The summed E-state index contributed by atoms with van der Waals surface area (Å²) in [5.41, 5.74) is 0.857. The Kier molecular flexibility index (Phi) is 5.96. The van der Waals surface area contributed by atoms with Gasteiger partial charge in [0.2, 0.25) is 5.88 Å². The topological polar surface area (TPSA) is 76.5 Å². The molecule has 1 atom stereocenters. The van der Waals surface area contributed by atoms with Crippen LogP contribution in [0.3, 0.4) is 0 Å². The molecule has 140 valence electrons. The second-order valence-corrected chi connectivity index (χ2v) is 7.22. The van der Waals surface area contributed by atoms with Gasteiger partial charge < -0.3 is 9.84 Å². The van der Waals surface area contributed by atoms with Crippen LogP contribution in [0.4, 0.5) is 0 Å². The molecule has 1 unspecified atom stereocenters. The number of carbonyl (C=O) groups is 2. The predicted octanol–water partition coefficient (Wildman–Crippen LogP) is 4.83. The molecule has 1 N–H and O–H groups in total. The summed E-state index contributed by atoms with van der Waals surface area (Å²) in [6.45, 7) is 1.68. The standard InChI is InChI=1S/C21H21NO4S/c1-3-17(23)21-18(24)10-14(11-19(21)25)13-5-4-6-15(9-13)26-20-8-7-16(27-2)12-22-20/h4-9,12,14,24H,3,10-11H2,1-2H3. The zero-order chi connectivity index (χ0) is 19.4. The van der Waals surface area contributed by atoms with Crippen LogP contribution in [0.25, 0.3) is 0 Å². The Morgan fingerprint density at radius 1 is 1.30 bits per heavy atom. The highest BCUT2D eigenvalue weighted by molar-refractivity contribution is 7.98. The average molecular weight is 383 g/mol. The predicted molar refractivity (Wildman–Crippen MR) is 104 cm³/mol. The maximum absolute atomic E-state index is 12.3. The molecule has 6 heteroatoms.